The number of para-hydroxylation sites is 1. The summed E-state index contributed by atoms with van der Waals surface area (Å²) in [5, 5.41) is 0. The van der Waals surface area contributed by atoms with Gasteiger partial charge < -0.3 is 4.90 Å². The van der Waals surface area contributed by atoms with Crippen molar-refractivity contribution in [1.29, 1.82) is 0 Å². The highest BCUT2D eigenvalue weighted by molar-refractivity contribution is 5.48. The van der Waals surface area contributed by atoms with Gasteiger partial charge in [0, 0.05) is 30.9 Å². The van der Waals surface area contributed by atoms with E-state index in [4.69, 9.17) is 0 Å². The molecule has 1 aliphatic heterocycles. The Hall–Kier alpha value is -1.02. The van der Waals surface area contributed by atoms with E-state index in [1.165, 1.54) is 31.7 Å². The van der Waals surface area contributed by atoms with Gasteiger partial charge >= 0.3 is 0 Å². The van der Waals surface area contributed by atoms with Crippen molar-refractivity contribution < 1.29 is 0 Å². The summed E-state index contributed by atoms with van der Waals surface area (Å²) in [5.74, 6) is 0. The largest absolute Gasteiger partial charge is 0.364 e. The Kier molecular flexibility index (Phi) is 4.06. The second kappa shape index (κ2) is 5.54. The molecule has 1 aromatic rings. The smallest absolute Gasteiger partial charge is 0.0392 e. The summed E-state index contributed by atoms with van der Waals surface area (Å²) in [4.78, 5) is 5.15. The first-order valence-corrected chi connectivity index (χ1v) is 6.78. The standard InChI is InChI=1S/C15H24N2/c1-4-10-16-11-13(2)17(14(3)12-16)15-8-6-5-7-9-15/h5-9,13-14H,4,10-12H2,1-3H3/t13-,14+. The molecule has 1 aliphatic rings. The lowest BCUT2D eigenvalue weighted by atomic mass is 10.1. The fourth-order valence-electron chi connectivity index (χ4n) is 3.04. The van der Waals surface area contributed by atoms with E-state index in [1.807, 2.05) is 0 Å². The molecule has 2 rings (SSSR count). The van der Waals surface area contributed by atoms with E-state index in [0.29, 0.717) is 12.1 Å². The summed E-state index contributed by atoms with van der Waals surface area (Å²) in [5.41, 5.74) is 1.36. The number of anilines is 1. The second-order valence-electron chi connectivity index (χ2n) is 5.20. The molecule has 1 fully saturated rings. The quantitative estimate of drug-likeness (QED) is 0.790. The van der Waals surface area contributed by atoms with Crippen LogP contribution in [-0.2, 0) is 0 Å². The molecule has 0 aliphatic carbocycles. The zero-order valence-electron chi connectivity index (χ0n) is 11.3. The summed E-state index contributed by atoms with van der Waals surface area (Å²) in [6, 6.07) is 12.0. The zero-order chi connectivity index (χ0) is 12.3. The van der Waals surface area contributed by atoms with Crippen LogP contribution >= 0.6 is 0 Å². The first kappa shape index (κ1) is 12.4. The van der Waals surface area contributed by atoms with Crippen LogP contribution in [0.5, 0.6) is 0 Å². The van der Waals surface area contributed by atoms with E-state index in [9.17, 15) is 0 Å². The molecule has 94 valence electrons. The van der Waals surface area contributed by atoms with Crippen LogP contribution in [0.4, 0.5) is 5.69 Å². The molecule has 0 spiro atoms. The average molecular weight is 232 g/mol. The summed E-state index contributed by atoms with van der Waals surface area (Å²) in [6.07, 6.45) is 1.25. The van der Waals surface area contributed by atoms with E-state index in [-0.39, 0.29) is 0 Å². The van der Waals surface area contributed by atoms with Crippen molar-refractivity contribution in [1.82, 2.24) is 4.90 Å². The van der Waals surface area contributed by atoms with Gasteiger partial charge in [0.25, 0.3) is 0 Å². The Balaban J connectivity index is 2.10. The molecule has 2 nitrogen and oxygen atoms in total. The number of rotatable bonds is 3. The second-order valence-corrected chi connectivity index (χ2v) is 5.20. The molecule has 0 amide bonds. The van der Waals surface area contributed by atoms with Crippen molar-refractivity contribution >= 4 is 5.69 Å². The lowest BCUT2D eigenvalue weighted by Gasteiger charge is -2.46. The Labute approximate surface area is 105 Å². The van der Waals surface area contributed by atoms with Crippen molar-refractivity contribution in [3.05, 3.63) is 30.3 Å². The van der Waals surface area contributed by atoms with Gasteiger partial charge in [0.15, 0.2) is 0 Å². The first-order chi connectivity index (χ1) is 8.22. The van der Waals surface area contributed by atoms with Gasteiger partial charge in [-0.15, -0.1) is 0 Å². The van der Waals surface area contributed by atoms with Crippen LogP contribution in [0.15, 0.2) is 30.3 Å². The molecule has 1 heterocycles. The third kappa shape index (κ3) is 2.81. The highest BCUT2D eigenvalue weighted by Crippen LogP contribution is 2.24. The minimum absolute atomic E-state index is 0.604. The molecule has 0 bridgehead atoms. The fraction of sp³-hybridized carbons (Fsp3) is 0.600. The van der Waals surface area contributed by atoms with Gasteiger partial charge in [0.2, 0.25) is 0 Å². The predicted octanol–water partition coefficient (Wildman–Crippen LogP) is 3.00. The van der Waals surface area contributed by atoms with Gasteiger partial charge in [-0.2, -0.15) is 0 Å². The zero-order valence-corrected chi connectivity index (χ0v) is 11.3. The van der Waals surface area contributed by atoms with E-state index >= 15 is 0 Å². The number of piperazine rings is 1. The summed E-state index contributed by atoms with van der Waals surface area (Å²) < 4.78 is 0. The average Bonchev–Trinajstić information content (AvgIpc) is 2.30. The SMILES string of the molecule is CCCN1C[C@@H](C)N(c2ccccc2)[C@@H](C)C1. The van der Waals surface area contributed by atoms with Crippen molar-refractivity contribution in [2.24, 2.45) is 0 Å². The molecule has 1 saturated heterocycles. The molecule has 0 N–H and O–H groups in total. The topological polar surface area (TPSA) is 6.48 Å². The molecular weight excluding hydrogens is 208 g/mol. The highest BCUT2D eigenvalue weighted by atomic mass is 15.3. The molecule has 0 unspecified atom stereocenters. The Morgan fingerprint density at radius 1 is 1.06 bits per heavy atom. The number of hydrogen-bond donors (Lipinski definition) is 0. The van der Waals surface area contributed by atoms with Crippen LogP contribution in [0.1, 0.15) is 27.2 Å². The summed E-state index contributed by atoms with van der Waals surface area (Å²) in [7, 11) is 0. The Bertz CT molecular complexity index is 324. The Morgan fingerprint density at radius 2 is 1.65 bits per heavy atom. The molecule has 0 radical (unpaired) electrons. The maximum Gasteiger partial charge on any atom is 0.0392 e. The monoisotopic (exact) mass is 232 g/mol. The van der Waals surface area contributed by atoms with E-state index in [2.05, 4.69) is 60.9 Å². The van der Waals surface area contributed by atoms with Gasteiger partial charge in [-0.1, -0.05) is 25.1 Å². The van der Waals surface area contributed by atoms with Crippen LogP contribution < -0.4 is 4.90 Å². The number of nitrogens with zero attached hydrogens (tertiary/aromatic N) is 2. The van der Waals surface area contributed by atoms with E-state index in [0.717, 1.165) is 0 Å². The fourth-order valence-corrected chi connectivity index (χ4v) is 3.04. The molecule has 1 aromatic carbocycles. The number of benzene rings is 1. The van der Waals surface area contributed by atoms with E-state index < -0.39 is 0 Å². The normalized spacial score (nSPS) is 26.2. The third-order valence-corrected chi connectivity index (χ3v) is 3.59. The predicted molar refractivity (Wildman–Crippen MR) is 74.6 cm³/mol. The molecular formula is C15H24N2. The van der Waals surface area contributed by atoms with Crippen LogP contribution in [0, 0.1) is 0 Å². The van der Waals surface area contributed by atoms with Gasteiger partial charge in [0.05, 0.1) is 0 Å². The van der Waals surface area contributed by atoms with Gasteiger partial charge in [-0.3, -0.25) is 4.90 Å². The van der Waals surface area contributed by atoms with Gasteiger partial charge in [-0.05, 0) is 38.9 Å². The van der Waals surface area contributed by atoms with Crippen LogP contribution in [0.3, 0.4) is 0 Å². The lowest BCUT2D eigenvalue weighted by molar-refractivity contribution is 0.200. The van der Waals surface area contributed by atoms with E-state index in [1.54, 1.807) is 0 Å². The maximum atomic E-state index is 2.59. The van der Waals surface area contributed by atoms with Crippen LogP contribution in [0.25, 0.3) is 0 Å². The van der Waals surface area contributed by atoms with Crippen LogP contribution in [-0.4, -0.2) is 36.6 Å². The summed E-state index contributed by atoms with van der Waals surface area (Å²) in [6.45, 7) is 10.5. The van der Waals surface area contributed by atoms with Crippen LogP contribution in [0.2, 0.25) is 0 Å². The summed E-state index contributed by atoms with van der Waals surface area (Å²) >= 11 is 0. The number of hydrogen-bond acceptors (Lipinski definition) is 2. The minimum atomic E-state index is 0.604. The molecule has 2 heteroatoms. The maximum absolute atomic E-state index is 2.59. The molecule has 2 atom stereocenters. The van der Waals surface area contributed by atoms with Crippen molar-refractivity contribution in [3.8, 4) is 0 Å². The first-order valence-electron chi connectivity index (χ1n) is 6.78. The van der Waals surface area contributed by atoms with Crippen molar-refractivity contribution in [2.45, 2.75) is 39.3 Å². The lowest BCUT2D eigenvalue weighted by Crippen LogP contribution is -2.57. The molecule has 17 heavy (non-hydrogen) atoms. The third-order valence-electron chi connectivity index (χ3n) is 3.59. The molecule has 0 saturated carbocycles. The van der Waals surface area contributed by atoms with Gasteiger partial charge in [-0.25, -0.2) is 0 Å². The van der Waals surface area contributed by atoms with Crippen molar-refractivity contribution in [3.63, 3.8) is 0 Å². The molecule has 0 aromatic heterocycles. The highest BCUT2D eigenvalue weighted by Gasteiger charge is 2.28. The van der Waals surface area contributed by atoms with Gasteiger partial charge in [0.1, 0.15) is 0 Å². The Morgan fingerprint density at radius 3 is 2.18 bits per heavy atom. The minimum Gasteiger partial charge on any atom is -0.364 e. The van der Waals surface area contributed by atoms with Crippen molar-refractivity contribution in [2.75, 3.05) is 24.5 Å².